The Balaban J connectivity index is 2.35. The van der Waals surface area contributed by atoms with Gasteiger partial charge >= 0.3 is 5.97 Å². The molecule has 1 amide bonds. The summed E-state index contributed by atoms with van der Waals surface area (Å²) in [4.78, 5) is 21.5. The summed E-state index contributed by atoms with van der Waals surface area (Å²) >= 11 is 0. The lowest BCUT2D eigenvalue weighted by Gasteiger charge is -1.99. The lowest BCUT2D eigenvalue weighted by Crippen LogP contribution is -2.21. The number of carbonyl (C=O) groups excluding carboxylic acids is 2. The van der Waals surface area contributed by atoms with Crippen LogP contribution in [0, 0.1) is 0 Å². The Morgan fingerprint density at radius 2 is 2.31 bits per heavy atom. The molecule has 0 unspecified atom stereocenters. The number of nitrogens with one attached hydrogen (secondary N) is 1. The average Bonchev–Trinajstić information content (AvgIpc) is 2.71. The number of nitrogens with two attached hydrogens (primary N) is 1. The molecule has 1 aromatic rings. The highest BCUT2D eigenvalue weighted by Crippen LogP contribution is 2.08. The van der Waals surface area contributed by atoms with Gasteiger partial charge in [-0.2, -0.15) is 0 Å². The first-order chi connectivity index (χ1) is 7.63. The molecule has 0 spiro atoms. The molecular weight excluding hydrogens is 212 g/mol. The largest absolute Gasteiger partial charge is 0.467 e. The molecule has 0 saturated carbocycles. The third-order valence-corrected chi connectivity index (χ3v) is 1.92. The van der Waals surface area contributed by atoms with Crippen LogP contribution in [0.4, 0.5) is 0 Å². The summed E-state index contributed by atoms with van der Waals surface area (Å²) in [6.45, 7) is 0.911. The second kappa shape index (κ2) is 5.92. The highest BCUT2D eigenvalue weighted by Gasteiger charge is 2.09. The Hall–Kier alpha value is -1.82. The molecule has 16 heavy (non-hydrogen) atoms. The average molecular weight is 226 g/mol. The van der Waals surface area contributed by atoms with Crippen molar-refractivity contribution >= 4 is 11.9 Å². The van der Waals surface area contributed by atoms with Crippen LogP contribution in [0.15, 0.2) is 16.7 Å². The van der Waals surface area contributed by atoms with Gasteiger partial charge in [0.2, 0.25) is 5.91 Å². The summed E-state index contributed by atoms with van der Waals surface area (Å²) in [5.74, 6) is -0.195. The second-order valence-corrected chi connectivity index (χ2v) is 3.19. The predicted octanol–water partition coefficient (Wildman–Crippen LogP) is 0.0312. The van der Waals surface area contributed by atoms with Crippen LogP contribution >= 0.6 is 0 Å². The summed E-state index contributed by atoms with van der Waals surface area (Å²) in [7, 11) is 1.31. The summed E-state index contributed by atoms with van der Waals surface area (Å²) < 4.78 is 9.64. The molecule has 6 heteroatoms. The zero-order valence-electron chi connectivity index (χ0n) is 8.99. The third-order valence-electron chi connectivity index (χ3n) is 1.92. The van der Waals surface area contributed by atoms with Crippen molar-refractivity contribution in [2.45, 2.75) is 13.0 Å². The number of amides is 1. The molecule has 3 N–H and O–H groups in total. The smallest absolute Gasteiger partial charge is 0.341 e. The molecule has 1 heterocycles. The molecule has 0 saturated heterocycles. The van der Waals surface area contributed by atoms with Crippen molar-refractivity contribution in [1.82, 2.24) is 5.32 Å². The molecule has 0 aliphatic carbocycles. The molecule has 1 aromatic heterocycles. The Morgan fingerprint density at radius 3 is 2.94 bits per heavy atom. The zero-order valence-corrected chi connectivity index (χ0v) is 8.99. The summed E-state index contributed by atoms with van der Waals surface area (Å²) in [5, 5.41) is 2.96. The van der Waals surface area contributed by atoms with E-state index in [1.807, 2.05) is 0 Å². The van der Waals surface area contributed by atoms with Crippen LogP contribution in [-0.2, 0) is 16.1 Å². The first kappa shape index (κ1) is 12.3. The molecule has 1 rings (SSSR count). The van der Waals surface area contributed by atoms with Crippen molar-refractivity contribution in [2.24, 2.45) is 5.73 Å². The van der Waals surface area contributed by atoms with E-state index in [1.165, 1.54) is 13.4 Å². The van der Waals surface area contributed by atoms with Crippen molar-refractivity contribution < 1.29 is 18.7 Å². The number of esters is 1. The van der Waals surface area contributed by atoms with E-state index in [1.54, 1.807) is 6.07 Å². The molecule has 0 atom stereocenters. The SMILES string of the molecule is COC(=O)c1coc(CNCCC(N)=O)c1. The van der Waals surface area contributed by atoms with Gasteiger partial charge in [0.25, 0.3) is 0 Å². The number of rotatable bonds is 6. The maximum absolute atomic E-state index is 11.1. The number of methoxy groups -OCH3 is 1. The van der Waals surface area contributed by atoms with Crippen molar-refractivity contribution in [2.75, 3.05) is 13.7 Å². The van der Waals surface area contributed by atoms with Crippen molar-refractivity contribution in [3.8, 4) is 0 Å². The van der Waals surface area contributed by atoms with Crippen LogP contribution in [0.3, 0.4) is 0 Å². The second-order valence-electron chi connectivity index (χ2n) is 3.19. The first-order valence-electron chi connectivity index (χ1n) is 4.78. The Bertz CT molecular complexity index is 373. The van der Waals surface area contributed by atoms with Crippen LogP contribution in [-0.4, -0.2) is 25.5 Å². The van der Waals surface area contributed by atoms with E-state index >= 15 is 0 Å². The van der Waals surface area contributed by atoms with Gasteiger partial charge < -0.3 is 20.2 Å². The minimum absolute atomic E-state index is 0.268. The molecule has 88 valence electrons. The van der Waals surface area contributed by atoms with Gasteiger partial charge in [0, 0.05) is 13.0 Å². The van der Waals surface area contributed by atoms with E-state index in [2.05, 4.69) is 10.1 Å². The zero-order chi connectivity index (χ0) is 12.0. The molecule has 0 aliphatic rings. The van der Waals surface area contributed by atoms with Crippen molar-refractivity contribution in [3.05, 3.63) is 23.7 Å². The predicted molar refractivity (Wildman–Crippen MR) is 55.6 cm³/mol. The number of carbonyl (C=O) groups is 2. The number of furan rings is 1. The van der Waals surface area contributed by atoms with Gasteiger partial charge in [-0.1, -0.05) is 0 Å². The standard InChI is InChI=1S/C10H14N2O4/c1-15-10(14)7-4-8(16-6-7)5-12-3-2-9(11)13/h4,6,12H,2-3,5H2,1H3,(H2,11,13). The van der Waals surface area contributed by atoms with E-state index in [0.717, 1.165) is 0 Å². The molecule has 0 bridgehead atoms. The Morgan fingerprint density at radius 1 is 1.56 bits per heavy atom. The monoisotopic (exact) mass is 226 g/mol. The van der Waals surface area contributed by atoms with Crippen LogP contribution in [0.1, 0.15) is 22.5 Å². The van der Waals surface area contributed by atoms with Crippen LogP contribution in [0.5, 0.6) is 0 Å². The highest BCUT2D eigenvalue weighted by atomic mass is 16.5. The van der Waals surface area contributed by atoms with Crippen molar-refractivity contribution in [3.63, 3.8) is 0 Å². The van der Waals surface area contributed by atoms with Gasteiger partial charge in [0.05, 0.1) is 19.2 Å². The molecule has 0 aliphatic heterocycles. The summed E-state index contributed by atoms with van der Waals surface area (Å²) in [5.41, 5.74) is 5.34. The third kappa shape index (κ3) is 3.74. The fourth-order valence-electron chi connectivity index (χ4n) is 1.12. The van der Waals surface area contributed by atoms with Gasteiger partial charge in [0.15, 0.2) is 0 Å². The highest BCUT2D eigenvalue weighted by molar-refractivity contribution is 5.88. The lowest BCUT2D eigenvalue weighted by atomic mass is 10.3. The molecule has 6 nitrogen and oxygen atoms in total. The molecule has 0 aromatic carbocycles. The quantitative estimate of drug-likeness (QED) is 0.527. The van der Waals surface area contributed by atoms with Gasteiger partial charge in [-0.3, -0.25) is 4.79 Å². The fraction of sp³-hybridized carbons (Fsp3) is 0.400. The normalized spacial score (nSPS) is 10.1. The number of hydrogen-bond acceptors (Lipinski definition) is 5. The first-order valence-corrected chi connectivity index (χ1v) is 4.78. The van der Waals surface area contributed by atoms with E-state index < -0.39 is 5.97 Å². The lowest BCUT2D eigenvalue weighted by molar-refractivity contribution is -0.117. The summed E-state index contributed by atoms with van der Waals surface area (Å²) in [6, 6.07) is 1.59. The minimum Gasteiger partial charge on any atom is -0.467 e. The maximum atomic E-state index is 11.1. The molecular formula is C10H14N2O4. The maximum Gasteiger partial charge on any atom is 0.341 e. The number of hydrogen-bond donors (Lipinski definition) is 2. The molecule has 0 radical (unpaired) electrons. The van der Waals surface area contributed by atoms with Gasteiger partial charge in [-0.25, -0.2) is 4.79 Å². The van der Waals surface area contributed by atoms with Gasteiger partial charge in [0.1, 0.15) is 12.0 Å². The van der Waals surface area contributed by atoms with E-state index in [-0.39, 0.29) is 12.3 Å². The topological polar surface area (TPSA) is 94.6 Å². The van der Waals surface area contributed by atoms with Crippen LogP contribution in [0.2, 0.25) is 0 Å². The minimum atomic E-state index is -0.438. The van der Waals surface area contributed by atoms with Crippen LogP contribution in [0.25, 0.3) is 0 Å². The Kier molecular flexibility index (Phi) is 4.53. The Labute approximate surface area is 92.7 Å². The van der Waals surface area contributed by atoms with Crippen LogP contribution < -0.4 is 11.1 Å². The van der Waals surface area contributed by atoms with Crippen molar-refractivity contribution in [1.29, 1.82) is 0 Å². The number of primary amides is 1. The summed E-state index contributed by atoms with van der Waals surface area (Å²) in [6.07, 6.45) is 1.60. The van der Waals surface area contributed by atoms with Gasteiger partial charge in [-0.15, -0.1) is 0 Å². The molecule has 0 fully saturated rings. The van der Waals surface area contributed by atoms with E-state index in [9.17, 15) is 9.59 Å². The number of ether oxygens (including phenoxy) is 1. The van der Waals surface area contributed by atoms with E-state index in [4.69, 9.17) is 10.2 Å². The fourth-order valence-corrected chi connectivity index (χ4v) is 1.12. The van der Waals surface area contributed by atoms with E-state index in [0.29, 0.717) is 24.4 Å². The van der Waals surface area contributed by atoms with Gasteiger partial charge in [-0.05, 0) is 6.07 Å².